The molecule has 2 rings (SSSR count). The third-order valence-electron chi connectivity index (χ3n) is 2.01. The van der Waals surface area contributed by atoms with Gasteiger partial charge in [0.25, 0.3) is 5.22 Å². The van der Waals surface area contributed by atoms with Gasteiger partial charge in [-0.25, -0.2) is 9.78 Å². The second kappa shape index (κ2) is 6.53. The van der Waals surface area contributed by atoms with Gasteiger partial charge in [0.1, 0.15) is 5.15 Å². The quantitative estimate of drug-likeness (QED) is 0.477. The maximum absolute atomic E-state index is 11.3. The number of carbonyl (C=O) groups is 1. The number of aromatic nitrogens is 3. The molecule has 0 aliphatic rings. The molecule has 0 aliphatic carbocycles. The first-order chi connectivity index (χ1) is 9.19. The highest BCUT2D eigenvalue weighted by Crippen LogP contribution is 2.22. The number of nitrogens with zero attached hydrogens (tertiary/aromatic N) is 3. The van der Waals surface area contributed by atoms with E-state index in [9.17, 15) is 4.79 Å². The highest BCUT2D eigenvalue weighted by Gasteiger charge is 2.16. The fraction of sp³-hybridized carbons (Fsp3) is 0.273. The lowest BCUT2D eigenvalue weighted by Gasteiger charge is -1.98. The number of thioether (sulfide) groups is 1. The van der Waals surface area contributed by atoms with E-state index in [0.29, 0.717) is 16.1 Å². The third-order valence-corrected chi connectivity index (χ3v) is 3.11. The van der Waals surface area contributed by atoms with Gasteiger partial charge in [-0.2, -0.15) is 0 Å². The van der Waals surface area contributed by atoms with E-state index in [1.165, 1.54) is 11.8 Å². The Bertz CT molecular complexity index is 576. The van der Waals surface area contributed by atoms with Crippen LogP contribution in [0.15, 0.2) is 28.0 Å². The van der Waals surface area contributed by atoms with E-state index in [1.54, 1.807) is 19.2 Å². The van der Waals surface area contributed by atoms with Crippen molar-refractivity contribution in [3.8, 4) is 0 Å². The molecule has 100 valence electrons. The normalized spacial score (nSPS) is 10.4. The molecule has 8 heteroatoms. The predicted molar refractivity (Wildman–Crippen MR) is 69.1 cm³/mol. The van der Waals surface area contributed by atoms with Gasteiger partial charge >= 0.3 is 11.9 Å². The van der Waals surface area contributed by atoms with Crippen molar-refractivity contribution < 1.29 is 13.9 Å². The first-order valence-electron chi connectivity index (χ1n) is 5.43. The van der Waals surface area contributed by atoms with Crippen molar-refractivity contribution in [2.24, 2.45) is 0 Å². The molecule has 6 nitrogen and oxygen atoms in total. The van der Waals surface area contributed by atoms with Crippen LogP contribution >= 0.6 is 23.4 Å². The molecule has 2 aromatic heterocycles. The zero-order chi connectivity index (χ0) is 13.7. The highest BCUT2D eigenvalue weighted by atomic mass is 35.5. The van der Waals surface area contributed by atoms with Crippen LogP contribution in [0.1, 0.15) is 23.2 Å². The summed E-state index contributed by atoms with van der Waals surface area (Å²) in [5.41, 5.74) is 0.973. The van der Waals surface area contributed by atoms with Gasteiger partial charge in [-0.05, 0) is 24.6 Å². The van der Waals surface area contributed by atoms with Gasteiger partial charge in [-0.1, -0.05) is 28.5 Å². The minimum atomic E-state index is -0.617. The van der Waals surface area contributed by atoms with Gasteiger partial charge in [0.15, 0.2) is 0 Å². The lowest BCUT2D eigenvalue weighted by Crippen LogP contribution is -2.04. The van der Waals surface area contributed by atoms with E-state index in [0.717, 1.165) is 5.56 Å². The van der Waals surface area contributed by atoms with Gasteiger partial charge in [0.2, 0.25) is 0 Å². The molecular weight excluding hydrogens is 290 g/mol. The molecule has 0 atom stereocenters. The fourth-order valence-corrected chi connectivity index (χ4v) is 2.12. The monoisotopic (exact) mass is 299 g/mol. The average molecular weight is 300 g/mol. The number of carbonyl (C=O) groups excluding carboxylic acids is 1. The van der Waals surface area contributed by atoms with E-state index in [-0.39, 0.29) is 12.5 Å². The van der Waals surface area contributed by atoms with Gasteiger partial charge in [0, 0.05) is 11.9 Å². The van der Waals surface area contributed by atoms with Crippen LogP contribution in [0.25, 0.3) is 0 Å². The molecule has 0 aromatic carbocycles. The second-order valence-electron chi connectivity index (χ2n) is 3.37. The number of esters is 1. The maximum atomic E-state index is 11.3. The summed E-state index contributed by atoms with van der Waals surface area (Å²) < 4.78 is 9.92. The Hall–Kier alpha value is -1.60. The van der Waals surface area contributed by atoms with E-state index < -0.39 is 5.97 Å². The van der Waals surface area contributed by atoms with Crippen molar-refractivity contribution in [2.75, 3.05) is 6.61 Å². The summed E-state index contributed by atoms with van der Waals surface area (Å²) in [6, 6.07) is 3.58. The van der Waals surface area contributed by atoms with Crippen LogP contribution in [0, 0.1) is 0 Å². The molecule has 0 unspecified atom stereocenters. The number of pyridine rings is 1. The zero-order valence-corrected chi connectivity index (χ0v) is 11.6. The minimum Gasteiger partial charge on any atom is -0.459 e. The maximum Gasteiger partial charge on any atom is 0.396 e. The largest absolute Gasteiger partial charge is 0.459 e. The summed E-state index contributed by atoms with van der Waals surface area (Å²) in [4.78, 5) is 15.2. The van der Waals surface area contributed by atoms with Gasteiger partial charge in [0.05, 0.1) is 6.61 Å². The van der Waals surface area contributed by atoms with Crippen LogP contribution in [0.3, 0.4) is 0 Å². The molecule has 0 N–H and O–H groups in total. The number of rotatable bonds is 5. The lowest BCUT2D eigenvalue weighted by molar-refractivity contribution is 0.0475. The Kier molecular flexibility index (Phi) is 4.75. The molecule has 0 fully saturated rings. The van der Waals surface area contributed by atoms with Gasteiger partial charge < -0.3 is 9.15 Å². The van der Waals surface area contributed by atoms with Crippen LogP contribution < -0.4 is 0 Å². The predicted octanol–water partition coefficient (Wildman–Crippen LogP) is 2.59. The van der Waals surface area contributed by atoms with Crippen LogP contribution in [-0.2, 0) is 10.5 Å². The Labute approximate surface area is 118 Å². The molecule has 0 radical (unpaired) electrons. The third kappa shape index (κ3) is 3.93. The Morgan fingerprint density at radius 3 is 3.11 bits per heavy atom. The summed E-state index contributed by atoms with van der Waals surface area (Å²) in [5, 5.41) is 8.10. The molecule has 0 spiro atoms. The van der Waals surface area contributed by atoms with E-state index in [1.807, 2.05) is 6.07 Å². The van der Waals surface area contributed by atoms with Crippen molar-refractivity contribution in [3.05, 3.63) is 34.9 Å². The Balaban J connectivity index is 1.95. The van der Waals surface area contributed by atoms with Crippen molar-refractivity contribution in [1.82, 2.24) is 15.2 Å². The van der Waals surface area contributed by atoms with Crippen LogP contribution in [0.4, 0.5) is 0 Å². The van der Waals surface area contributed by atoms with E-state index in [2.05, 4.69) is 15.2 Å². The molecular formula is C11H10ClN3O3S. The minimum absolute atomic E-state index is 0.142. The zero-order valence-electron chi connectivity index (χ0n) is 10.00. The highest BCUT2D eigenvalue weighted by molar-refractivity contribution is 7.98. The first kappa shape index (κ1) is 13.8. The molecule has 2 heterocycles. The molecule has 19 heavy (non-hydrogen) atoms. The van der Waals surface area contributed by atoms with Crippen molar-refractivity contribution in [3.63, 3.8) is 0 Å². The molecule has 0 bridgehead atoms. The first-order valence-corrected chi connectivity index (χ1v) is 6.79. The number of hydrogen-bond donors (Lipinski definition) is 0. The van der Waals surface area contributed by atoms with Crippen molar-refractivity contribution in [1.29, 1.82) is 0 Å². The Morgan fingerprint density at radius 2 is 2.37 bits per heavy atom. The lowest BCUT2D eigenvalue weighted by atomic mass is 10.3. The summed E-state index contributed by atoms with van der Waals surface area (Å²) >= 11 is 7.08. The van der Waals surface area contributed by atoms with Crippen molar-refractivity contribution >= 4 is 29.3 Å². The summed E-state index contributed by atoms with van der Waals surface area (Å²) in [6.07, 6.45) is 1.62. The second-order valence-corrected chi connectivity index (χ2v) is 4.68. The molecule has 0 saturated carbocycles. The van der Waals surface area contributed by atoms with Gasteiger partial charge in [-0.15, -0.1) is 5.10 Å². The number of ether oxygens (including phenoxy) is 1. The van der Waals surface area contributed by atoms with E-state index in [4.69, 9.17) is 20.8 Å². The molecule has 0 aliphatic heterocycles. The molecule has 0 saturated heterocycles. The summed E-state index contributed by atoms with van der Waals surface area (Å²) in [5.74, 6) is -0.168. The topological polar surface area (TPSA) is 78.1 Å². The fourth-order valence-electron chi connectivity index (χ4n) is 1.22. The SMILES string of the molecule is CCOC(=O)c1nnc(SCc2ccnc(Cl)c2)o1. The number of hydrogen-bond acceptors (Lipinski definition) is 7. The summed E-state index contributed by atoms with van der Waals surface area (Å²) in [7, 11) is 0. The Morgan fingerprint density at radius 1 is 1.53 bits per heavy atom. The molecule has 0 amide bonds. The molecule has 2 aromatic rings. The van der Waals surface area contributed by atoms with E-state index >= 15 is 0 Å². The average Bonchev–Trinajstić information content (AvgIpc) is 2.86. The van der Waals surface area contributed by atoms with Gasteiger partial charge in [-0.3, -0.25) is 0 Å². The van der Waals surface area contributed by atoms with Crippen LogP contribution in [-0.4, -0.2) is 27.8 Å². The smallest absolute Gasteiger partial charge is 0.396 e. The standard InChI is InChI=1S/C11H10ClN3O3S/c1-2-17-10(16)9-14-15-11(18-9)19-6-7-3-4-13-8(12)5-7/h3-5H,2,6H2,1H3. The summed E-state index contributed by atoms with van der Waals surface area (Å²) in [6.45, 7) is 1.97. The number of halogens is 1. The van der Waals surface area contributed by atoms with Crippen molar-refractivity contribution in [2.45, 2.75) is 17.9 Å². The van der Waals surface area contributed by atoms with Crippen LogP contribution in [0.2, 0.25) is 5.15 Å². The van der Waals surface area contributed by atoms with Crippen LogP contribution in [0.5, 0.6) is 0 Å².